The molecule has 3 heterocycles. The topological polar surface area (TPSA) is 114 Å². The Labute approximate surface area is 221 Å². The van der Waals surface area contributed by atoms with Crippen LogP contribution in [0.25, 0.3) is 0 Å². The Balaban J connectivity index is 1.75. The highest BCUT2D eigenvalue weighted by molar-refractivity contribution is 7.89. The van der Waals surface area contributed by atoms with Gasteiger partial charge in [-0.15, -0.1) is 11.3 Å². The average molecular weight is 543 g/mol. The summed E-state index contributed by atoms with van der Waals surface area (Å²) in [5.41, 5.74) is 2.42. The van der Waals surface area contributed by atoms with E-state index >= 15 is 0 Å². The number of ketones is 1. The number of nitrogens with zero attached hydrogens (tertiary/aromatic N) is 2. The summed E-state index contributed by atoms with van der Waals surface area (Å²) in [7, 11) is -3.88. The molecule has 1 aromatic carbocycles. The first-order valence-corrected chi connectivity index (χ1v) is 14.3. The fourth-order valence-corrected chi connectivity index (χ4v) is 7.15. The van der Waals surface area contributed by atoms with Crippen LogP contribution < -0.4 is 4.74 Å². The van der Waals surface area contributed by atoms with E-state index in [0.29, 0.717) is 17.0 Å². The average Bonchev–Trinajstić information content (AvgIpc) is 3.31. The Morgan fingerprint density at radius 3 is 2.65 bits per heavy atom. The highest BCUT2D eigenvalue weighted by atomic mass is 32.2. The van der Waals surface area contributed by atoms with Crippen LogP contribution in [0.15, 0.2) is 53.7 Å². The predicted octanol–water partition coefficient (Wildman–Crippen LogP) is 4.87. The van der Waals surface area contributed by atoms with Crippen LogP contribution in [0.4, 0.5) is 0 Å². The molecule has 0 saturated heterocycles. The van der Waals surface area contributed by atoms with Crippen molar-refractivity contribution in [3.8, 4) is 5.75 Å². The number of carboxylic acids is 1. The number of pyridine rings is 1. The molecule has 0 spiro atoms. The summed E-state index contributed by atoms with van der Waals surface area (Å²) in [6, 6.07) is 10.7. The van der Waals surface area contributed by atoms with Crippen LogP contribution in [0.1, 0.15) is 64.3 Å². The standard InChI is InChI=1S/C27H30N2O6S2/c1-5-21-15-29(37(33,34)25-13-28-11-10-22(25)35-21)14-20-12-19(7-6-16(20)2)26(17(3)27(31)32)24-9-8-23(36-24)18(4)30/h6-13,17,21,26H,5,14-15H2,1-4H3,(H,31,32)/t17-,21-,26+/m1/s1. The maximum Gasteiger partial charge on any atom is 0.307 e. The number of Topliss-reactive ketones (excluding diaryl/α,β-unsaturated/α-hetero) is 1. The van der Waals surface area contributed by atoms with E-state index in [9.17, 15) is 23.1 Å². The fraction of sp³-hybridized carbons (Fsp3) is 0.370. The Bertz CT molecular complexity index is 1430. The Kier molecular flexibility index (Phi) is 7.82. The summed E-state index contributed by atoms with van der Waals surface area (Å²) in [4.78, 5) is 29.3. The summed E-state index contributed by atoms with van der Waals surface area (Å²) in [6.45, 7) is 7.26. The Morgan fingerprint density at radius 1 is 1.24 bits per heavy atom. The highest BCUT2D eigenvalue weighted by Crippen LogP contribution is 2.38. The molecule has 0 bridgehead atoms. The number of benzene rings is 1. The molecule has 3 aromatic rings. The summed E-state index contributed by atoms with van der Waals surface area (Å²) >= 11 is 1.29. The third kappa shape index (κ3) is 5.46. The number of hydrogen-bond acceptors (Lipinski definition) is 7. The monoisotopic (exact) mass is 542 g/mol. The highest BCUT2D eigenvalue weighted by Gasteiger charge is 2.35. The minimum absolute atomic E-state index is 0.0347. The molecular formula is C27H30N2O6S2. The molecule has 1 aliphatic heterocycles. The lowest BCUT2D eigenvalue weighted by Crippen LogP contribution is -2.36. The molecule has 1 aliphatic rings. The number of aliphatic carboxylic acids is 1. The summed E-state index contributed by atoms with van der Waals surface area (Å²) < 4.78 is 34.6. The second-order valence-electron chi connectivity index (χ2n) is 9.32. The molecule has 0 fully saturated rings. The van der Waals surface area contributed by atoms with Crippen LogP contribution >= 0.6 is 11.3 Å². The van der Waals surface area contributed by atoms with Crippen molar-refractivity contribution in [3.05, 3.63) is 75.2 Å². The number of thiophene rings is 1. The number of sulfonamides is 1. The molecule has 0 unspecified atom stereocenters. The van der Waals surface area contributed by atoms with Crippen molar-refractivity contribution < 1.29 is 27.9 Å². The van der Waals surface area contributed by atoms with Gasteiger partial charge in [-0.3, -0.25) is 14.6 Å². The smallest absolute Gasteiger partial charge is 0.307 e. The maximum absolute atomic E-state index is 13.6. The number of aryl methyl sites for hydroxylation is 1. The van der Waals surface area contributed by atoms with Crippen molar-refractivity contribution in [1.29, 1.82) is 0 Å². The molecule has 0 aliphatic carbocycles. The second kappa shape index (κ2) is 10.7. The van der Waals surface area contributed by atoms with Gasteiger partial charge in [0, 0.05) is 23.5 Å². The van der Waals surface area contributed by atoms with Gasteiger partial charge in [0.15, 0.2) is 5.78 Å². The predicted molar refractivity (Wildman–Crippen MR) is 141 cm³/mol. The van der Waals surface area contributed by atoms with Crippen LogP contribution in [0.5, 0.6) is 5.75 Å². The number of fused-ring (bicyclic) bond motifs is 1. The molecule has 4 rings (SSSR count). The minimum atomic E-state index is -3.88. The largest absolute Gasteiger partial charge is 0.488 e. The Hall–Kier alpha value is -3.08. The zero-order chi connectivity index (χ0) is 26.9. The molecule has 8 nitrogen and oxygen atoms in total. The zero-order valence-corrected chi connectivity index (χ0v) is 22.8. The number of rotatable bonds is 8. The molecule has 196 valence electrons. The molecule has 0 saturated carbocycles. The first-order chi connectivity index (χ1) is 17.5. The number of carbonyl (C=O) groups excluding carboxylic acids is 1. The number of carbonyl (C=O) groups is 2. The van der Waals surface area contributed by atoms with E-state index in [0.717, 1.165) is 21.6 Å². The van der Waals surface area contributed by atoms with Crippen LogP contribution in [-0.4, -0.2) is 47.2 Å². The summed E-state index contributed by atoms with van der Waals surface area (Å²) in [6.07, 6.45) is 3.13. The van der Waals surface area contributed by atoms with E-state index in [1.165, 1.54) is 35.0 Å². The van der Waals surface area contributed by atoms with Crippen molar-refractivity contribution >= 4 is 33.1 Å². The van der Waals surface area contributed by atoms with Crippen molar-refractivity contribution in [2.75, 3.05) is 6.54 Å². The molecule has 2 aromatic heterocycles. The van der Waals surface area contributed by atoms with Gasteiger partial charge in [0.1, 0.15) is 16.7 Å². The first-order valence-electron chi connectivity index (χ1n) is 12.1. The van der Waals surface area contributed by atoms with Crippen LogP contribution in [0, 0.1) is 12.8 Å². The van der Waals surface area contributed by atoms with Gasteiger partial charge in [0.05, 0.1) is 23.5 Å². The number of ether oxygens (including phenoxy) is 1. The summed E-state index contributed by atoms with van der Waals surface area (Å²) in [5, 5.41) is 9.86. The van der Waals surface area contributed by atoms with Gasteiger partial charge in [-0.25, -0.2) is 8.42 Å². The quantitative estimate of drug-likeness (QED) is 0.404. The lowest BCUT2D eigenvalue weighted by molar-refractivity contribution is -0.141. The molecule has 0 amide bonds. The van der Waals surface area contributed by atoms with E-state index in [2.05, 4.69) is 4.98 Å². The normalized spacial score (nSPS) is 18.8. The van der Waals surface area contributed by atoms with E-state index in [1.807, 2.05) is 32.0 Å². The molecule has 0 radical (unpaired) electrons. The third-order valence-corrected chi connectivity index (χ3v) is 9.86. The number of hydrogen-bond donors (Lipinski definition) is 1. The van der Waals surface area contributed by atoms with Crippen LogP contribution in [0.3, 0.4) is 0 Å². The van der Waals surface area contributed by atoms with E-state index in [4.69, 9.17) is 4.74 Å². The molecular weight excluding hydrogens is 512 g/mol. The fourth-order valence-electron chi connectivity index (χ4n) is 4.50. The summed E-state index contributed by atoms with van der Waals surface area (Å²) in [5.74, 6) is -1.98. The molecule has 10 heteroatoms. The Morgan fingerprint density at radius 2 is 2.00 bits per heavy atom. The van der Waals surface area contributed by atoms with Crippen molar-refractivity contribution in [3.63, 3.8) is 0 Å². The number of aromatic nitrogens is 1. The lowest BCUT2D eigenvalue weighted by Gasteiger charge is -2.25. The zero-order valence-electron chi connectivity index (χ0n) is 21.2. The van der Waals surface area contributed by atoms with Gasteiger partial charge in [-0.1, -0.05) is 32.0 Å². The van der Waals surface area contributed by atoms with Gasteiger partial charge in [0.2, 0.25) is 10.0 Å². The lowest BCUT2D eigenvalue weighted by atomic mass is 9.84. The van der Waals surface area contributed by atoms with Gasteiger partial charge in [-0.05, 0) is 55.2 Å². The van der Waals surface area contributed by atoms with Crippen molar-refractivity contribution in [2.45, 2.75) is 57.6 Å². The van der Waals surface area contributed by atoms with Gasteiger partial charge < -0.3 is 9.84 Å². The first kappa shape index (κ1) is 27.0. The molecule has 1 N–H and O–H groups in total. The van der Waals surface area contributed by atoms with E-state index in [1.54, 1.807) is 25.1 Å². The van der Waals surface area contributed by atoms with Gasteiger partial charge >= 0.3 is 5.97 Å². The maximum atomic E-state index is 13.6. The number of carboxylic acid groups (broad SMARTS) is 1. The molecule has 3 atom stereocenters. The van der Waals surface area contributed by atoms with Crippen molar-refractivity contribution in [2.24, 2.45) is 5.92 Å². The SMILES string of the molecule is CC[C@@H]1CN(Cc2cc([C@@H](c3ccc(C(C)=O)s3)[C@@H](C)C(=O)O)ccc2C)S(=O)(=O)c2cnccc2O1. The van der Waals surface area contributed by atoms with Crippen LogP contribution in [0.2, 0.25) is 0 Å². The van der Waals surface area contributed by atoms with Gasteiger partial charge in [0.25, 0.3) is 0 Å². The van der Waals surface area contributed by atoms with E-state index < -0.39 is 27.8 Å². The second-order valence-corrected chi connectivity index (χ2v) is 12.3. The third-order valence-electron chi connectivity index (χ3n) is 6.77. The van der Waals surface area contributed by atoms with E-state index in [-0.39, 0.29) is 29.9 Å². The van der Waals surface area contributed by atoms with Crippen LogP contribution in [-0.2, 0) is 21.4 Å². The van der Waals surface area contributed by atoms with Gasteiger partial charge in [-0.2, -0.15) is 4.31 Å². The molecule has 37 heavy (non-hydrogen) atoms. The minimum Gasteiger partial charge on any atom is -0.488 e. The van der Waals surface area contributed by atoms with Crippen molar-refractivity contribution in [1.82, 2.24) is 9.29 Å².